The maximum absolute atomic E-state index is 11.1. The van der Waals surface area contributed by atoms with Crippen molar-refractivity contribution in [3.05, 3.63) is 0 Å². The summed E-state index contributed by atoms with van der Waals surface area (Å²) in [6.07, 6.45) is 2.49. The van der Waals surface area contributed by atoms with Gasteiger partial charge in [0.2, 0.25) is 5.91 Å². The molecule has 0 aliphatic carbocycles. The van der Waals surface area contributed by atoms with Crippen molar-refractivity contribution in [3.63, 3.8) is 0 Å². The number of amides is 1. The highest BCUT2D eigenvalue weighted by atomic mass is 16.2. The van der Waals surface area contributed by atoms with Gasteiger partial charge >= 0.3 is 0 Å². The Morgan fingerprint density at radius 1 is 1.58 bits per heavy atom. The molecule has 0 aromatic rings. The van der Waals surface area contributed by atoms with Gasteiger partial charge in [-0.15, -0.1) is 0 Å². The average molecular weight is 173 g/mol. The third-order valence-electron chi connectivity index (χ3n) is 1.62. The number of rotatable bonds is 6. The lowest BCUT2D eigenvalue weighted by molar-refractivity contribution is -0.122. The largest absolute Gasteiger partial charge is 0.355 e. The quantitative estimate of drug-likeness (QED) is 0.477. The molecule has 0 aliphatic rings. The Labute approximate surface area is 73.7 Å². The summed E-state index contributed by atoms with van der Waals surface area (Å²) in [7, 11) is 0. The van der Waals surface area contributed by atoms with Crippen LogP contribution in [0.3, 0.4) is 0 Å². The minimum atomic E-state index is -0.354. The SMILES string of the molecule is CCC[C@@H](N)C(=O)NCCCN. The van der Waals surface area contributed by atoms with E-state index in [0.717, 1.165) is 19.3 Å². The standard InChI is InChI=1S/C8H19N3O/c1-2-4-7(10)8(12)11-6-3-5-9/h7H,2-6,9-10H2,1H3,(H,11,12)/t7-/m1/s1. The second kappa shape index (κ2) is 7.06. The predicted molar refractivity (Wildman–Crippen MR) is 49.6 cm³/mol. The lowest BCUT2D eigenvalue weighted by atomic mass is 10.2. The van der Waals surface area contributed by atoms with Gasteiger partial charge in [-0.25, -0.2) is 0 Å². The summed E-state index contributed by atoms with van der Waals surface area (Å²) in [4.78, 5) is 11.1. The molecule has 0 unspecified atom stereocenters. The van der Waals surface area contributed by atoms with Crippen molar-refractivity contribution >= 4 is 5.91 Å². The first-order valence-electron chi connectivity index (χ1n) is 4.45. The molecule has 0 aromatic heterocycles. The van der Waals surface area contributed by atoms with Crippen LogP contribution in [0.4, 0.5) is 0 Å². The summed E-state index contributed by atoms with van der Waals surface area (Å²) in [5.74, 6) is -0.0645. The lowest BCUT2D eigenvalue weighted by Gasteiger charge is -2.10. The van der Waals surface area contributed by atoms with E-state index < -0.39 is 0 Å². The van der Waals surface area contributed by atoms with E-state index in [0.29, 0.717) is 13.1 Å². The van der Waals surface area contributed by atoms with Crippen LogP contribution in [0.25, 0.3) is 0 Å². The van der Waals surface area contributed by atoms with Crippen molar-refractivity contribution in [3.8, 4) is 0 Å². The molecule has 0 aromatic carbocycles. The van der Waals surface area contributed by atoms with E-state index in [1.54, 1.807) is 0 Å². The first kappa shape index (κ1) is 11.4. The Bertz CT molecular complexity index is 127. The summed E-state index contributed by atoms with van der Waals surface area (Å²) in [5.41, 5.74) is 10.8. The zero-order valence-corrected chi connectivity index (χ0v) is 7.68. The molecule has 4 heteroatoms. The first-order valence-corrected chi connectivity index (χ1v) is 4.45. The summed E-state index contributed by atoms with van der Waals surface area (Å²) in [5, 5.41) is 2.72. The zero-order valence-electron chi connectivity index (χ0n) is 7.68. The number of hydrogen-bond donors (Lipinski definition) is 3. The van der Waals surface area contributed by atoms with Crippen LogP contribution in [0.2, 0.25) is 0 Å². The molecule has 0 radical (unpaired) electrons. The third kappa shape index (κ3) is 5.09. The summed E-state index contributed by atoms with van der Waals surface area (Å²) < 4.78 is 0. The third-order valence-corrected chi connectivity index (χ3v) is 1.62. The molecule has 4 nitrogen and oxygen atoms in total. The van der Waals surface area contributed by atoms with Gasteiger partial charge in [-0.1, -0.05) is 13.3 Å². The van der Waals surface area contributed by atoms with Crippen LogP contribution in [0.5, 0.6) is 0 Å². The molecule has 5 N–H and O–H groups in total. The smallest absolute Gasteiger partial charge is 0.236 e. The fourth-order valence-corrected chi connectivity index (χ4v) is 0.887. The van der Waals surface area contributed by atoms with E-state index in [4.69, 9.17) is 11.5 Å². The molecule has 12 heavy (non-hydrogen) atoms. The van der Waals surface area contributed by atoms with Crippen molar-refractivity contribution < 1.29 is 4.79 Å². The van der Waals surface area contributed by atoms with E-state index in [1.165, 1.54) is 0 Å². The fraction of sp³-hybridized carbons (Fsp3) is 0.875. The number of carbonyl (C=O) groups is 1. The monoisotopic (exact) mass is 173 g/mol. The number of hydrogen-bond acceptors (Lipinski definition) is 3. The van der Waals surface area contributed by atoms with Crippen LogP contribution in [0, 0.1) is 0 Å². The van der Waals surface area contributed by atoms with E-state index >= 15 is 0 Å². The van der Waals surface area contributed by atoms with Crippen LogP contribution in [-0.4, -0.2) is 25.0 Å². The average Bonchev–Trinajstić information content (AvgIpc) is 2.05. The van der Waals surface area contributed by atoms with Crippen molar-refractivity contribution in [1.29, 1.82) is 0 Å². The predicted octanol–water partition coefficient (Wildman–Crippen LogP) is -0.421. The molecule has 0 fully saturated rings. The number of nitrogens with one attached hydrogen (secondary N) is 1. The van der Waals surface area contributed by atoms with Gasteiger partial charge in [0.05, 0.1) is 6.04 Å². The Kier molecular flexibility index (Phi) is 6.70. The molecule has 0 saturated heterocycles. The first-order chi connectivity index (χ1) is 5.72. The van der Waals surface area contributed by atoms with Gasteiger partial charge in [-0.3, -0.25) is 4.79 Å². The molecule has 1 amide bonds. The Morgan fingerprint density at radius 2 is 2.25 bits per heavy atom. The van der Waals surface area contributed by atoms with Gasteiger partial charge in [0.1, 0.15) is 0 Å². The lowest BCUT2D eigenvalue weighted by Crippen LogP contribution is -2.41. The highest BCUT2D eigenvalue weighted by Gasteiger charge is 2.10. The molecular formula is C8H19N3O. The maximum Gasteiger partial charge on any atom is 0.236 e. The van der Waals surface area contributed by atoms with Gasteiger partial charge in [0.25, 0.3) is 0 Å². The topological polar surface area (TPSA) is 81.1 Å². The van der Waals surface area contributed by atoms with Crippen molar-refractivity contribution in [1.82, 2.24) is 5.32 Å². The highest BCUT2D eigenvalue weighted by Crippen LogP contribution is 1.92. The minimum absolute atomic E-state index is 0.0645. The van der Waals surface area contributed by atoms with Crippen LogP contribution < -0.4 is 16.8 Å². The van der Waals surface area contributed by atoms with Crippen LogP contribution in [0.15, 0.2) is 0 Å². The summed E-state index contributed by atoms with van der Waals surface area (Å²) >= 11 is 0. The Hall–Kier alpha value is -0.610. The molecule has 0 spiro atoms. The highest BCUT2D eigenvalue weighted by molar-refractivity contribution is 5.81. The minimum Gasteiger partial charge on any atom is -0.355 e. The van der Waals surface area contributed by atoms with Gasteiger partial charge in [0.15, 0.2) is 0 Å². The van der Waals surface area contributed by atoms with Crippen LogP contribution in [0.1, 0.15) is 26.2 Å². The molecule has 0 rings (SSSR count). The molecule has 0 saturated carbocycles. The number of carbonyl (C=O) groups excluding carboxylic acids is 1. The van der Waals surface area contributed by atoms with Gasteiger partial charge < -0.3 is 16.8 Å². The van der Waals surface area contributed by atoms with E-state index in [2.05, 4.69) is 5.32 Å². The van der Waals surface area contributed by atoms with Crippen LogP contribution >= 0.6 is 0 Å². The molecular weight excluding hydrogens is 154 g/mol. The molecule has 0 aliphatic heterocycles. The van der Waals surface area contributed by atoms with Crippen molar-refractivity contribution in [2.24, 2.45) is 11.5 Å². The second-order valence-electron chi connectivity index (χ2n) is 2.83. The van der Waals surface area contributed by atoms with Crippen molar-refractivity contribution in [2.75, 3.05) is 13.1 Å². The summed E-state index contributed by atoms with van der Waals surface area (Å²) in [6, 6.07) is -0.354. The van der Waals surface area contributed by atoms with Crippen LogP contribution in [-0.2, 0) is 4.79 Å². The fourth-order valence-electron chi connectivity index (χ4n) is 0.887. The van der Waals surface area contributed by atoms with E-state index in [1.807, 2.05) is 6.92 Å². The normalized spacial score (nSPS) is 12.6. The zero-order chi connectivity index (χ0) is 9.40. The van der Waals surface area contributed by atoms with Gasteiger partial charge in [0, 0.05) is 6.54 Å². The molecule has 0 heterocycles. The molecule has 0 bridgehead atoms. The Balaban J connectivity index is 3.43. The van der Waals surface area contributed by atoms with E-state index in [-0.39, 0.29) is 11.9 Å². The van der Waals surface area contributed by atoms with Crippen molar-refractivity contribution in [2.45, 2.75) is 32.2 Å². The van der Waals surface area contributed by atoms with Gasteiger partial charge in [-0.05, 0) is 19.4 Å². The van der Waals surface area contributed by atoms with Gasteiger partial charge in [-0.2, -0.15) is 0 Å². The maximum atomic E-state index is 11.1. The molecule has 72 valence electrons. The van der Waals surface area contributed by atoms with E-state index in [9.17, 15) is 4.79 Å². The summed E-state index contributed by atoms with van der Waals surface area (Å²) in [6.45, 7) is 3.24. The number of nitrogens with two attached hydrogens (primary N) is 2. The molecule has 1 atom stereocenters. The Morgan fingerprint density at radius 3 is 2.75 bits per heavy atom. The second-order valence-corrected chi connectivity index (χ2v) is 2.83.